The maximum Gasteiger partial charge on any atom is 0.262 e. The molecule has 2 aromatic carbocycles. The Hall–Kier alpha value is -3.08. The molecule has 134 valence electrons. The summed E-state index contributed by atoms with van der Waals surface area (Å²) in [4.78, 5) is 23.7. The number of ketones is 1. The van der Waals surface area contributed by atoms with Gasteiger partial charge in [0.15, 0.2) is 12.4 Å². The second-order valence-electron chi connectivity index (χ2n) is 6.02. The molecule has 0 unspecified atom stereocenters. The van der Waals surface area contributed by atoms with Gasteiger partial charge >= 0.3 is 0 Å². The average Bonchev–Trinajstić information content (AvgIpc) is 2.66. The molecule has 0 atom stereocenters. The maximum atomic E-state index is 12.4. The molecule has 1 amide bonds. The summed E-state index contributed by atoms with van der Waals surface area (Å²) in [6.07, 6.45) is 5.40. The third-order valence-electron chi connectivity index (χ3n) is 3.97. The molecule has 2 aromatic rings. The SMILES string of the molecule is CCCCOc1ccc(/C=C/C(=O)c2ccc3c(c2)NC(=O)CO3)cc1. The highest BCUT2D eigenvalue weighted by Crippen LogP contribution is 2.28. The number of fused-ring (bicyclic) bond motifs is 1. The Morgan fingerprint density at radius 2 is 2.04 bits per heavy atom. The highest BCUT2D eigenvalue weighted by Gasteiger charge is 2.17. The molecule has 1 aliphatic heterocycles. The van der Waals surface area contributed by atoms with Crippen molar-refractivity contribution in [3.8, 4) is 11.5 Å². The van der Waals surface area contributed by atoms with Crippen LogP contribution >= 0.6 is 0 Å². The first kappa shape index (κ1) is 17.7. The topological polar surface area (TPSA) is 64.6 Å². The van der Waals surface area contributed by atoms with Crippen molar-refractivity contribution >= 4 is 23.5 Å². The van der Waals surface area contributed by atoms with Crippen LogP contribution in [0.1, 0.15) is 35.7 Å². The second-order valence-corrected chi connectivity index (χ2v) is 6.02. The summed E-state index contributed by atoms with van der Waals surface area (Å²) >= 11 is 0. The number of hydrogen-bond donors (Lipinski definition) is 1. The Bertz CT molecular complexity index is 824. The molecule has 0 bridgehead atoms. The van der Waals surface area contributed by atoms with Gasteiger partial charge in [-0.3, -0.25) is 9.59 Å². The van der Waals surface area contributed by atoms with Gasteiger partial charge in [-0.2, -0.15) is 0 Å². The number of nitrogens with one attached hydrogen (secondary N) is 1. The number of benzene rings is 2. The van der Waals surface area contributed by atoms with Gasteiger partial charge < -0.3 is 14.8 Å². The molecule has 5 nitrogen and oxygen atoms in total. The molecule has 5 heteroatoms. The van der Waals surface area contributed by atoms with Gasteiger partial charge in [0.1, 0.15) is 11.5 Å². The van der Waals surface area contributed by atoms with Crippen molar-refractivity contribution < 1.29 is 19.1 Å². The summed E-state index contributed by atoms with van der Waals surface area (Å²) in [5.41, 5.74) is 1.93. The third-order valence-corrected chi connectivity index (χ3v) is 3.97. The lowest BCUT2D eigenvalue weighted by Gasteiger charge is -2.17. The molecule has 3 rings (SSSR count). The molecule has 0 radical (unpaired) electrons. The molecule has 0 aromatic heterocycles. The second kappa shape index (κ2) is 8.34. The van der Waals surface area contributed by atoms with Gasteiger partial charge in [0.25, 0.3) is 5.91 Å². The van der Waals surface area contributed by atoms with Crippen LogP contribution in [0.4, 0.5) is 5.69 Å². The Morgan fingerprint density at radius 1 is 1.23 bits per heavy atom. The van der Waals surface area contributed by atoms with Crippen LogP contribution in [0.25, 0.3) is 6.08 Å². The van der Waals surface area contributed by atoms with Crippen molar-refractivity contribution in [3.63, 3.8) is 0 Å². The zero-order valence-corrected chi connectivity index (χ0v) is 14.7. The summed E-state index contributed by atoms with van der Waals surface area (Å²) < 4.78 is 10.9. The average molecular weight is 351 g/mol. The fraction of sp³-hybridized carbons (Fsp3) is 0.238. The van der Waals surface area contributed by atoms with Crippen molar-refractivity contribution in [2.75, 3.05) is 18.5 Å². The number of rotatable bonds is 7. The molecule has 0 saturated heterocycles. The van der Waals surface area contributed by atoms with E-state index in [2.05, 4.69) is 12.2 Å². The zero-order valence-electron chi connectivity index (χ0n) is 14.7. The first-order valence-corrected chi connectivity index (χ1v) is 8.67. The molecule has 0 spiro atoms. The van der Waals surface area contributed by atoms with Crippen molar-refractivity contribution in [2.45, 2.75) is 19.8 Å². The standard InChI is InChI=1S/C21H21NO4/c1-2-3-12-25-17-8-4-15(5-9-17)6-10-19(23)16-7-11-20-18(13-16)22-21(24)14-26-20/h4-11,13H,2-3,12,14H2,1H3,(H,22,24)/b10-6+. The van der Waals surface area contributed by atoms with Gasteiger partial charge in [-0.05, 0) is 48.4 Å². The number of carbonyl (C=O) groups is 2. The lowest BCUT2D eigenvalue weighted by atomic mass is 10.1. The van der Waals surface area contributed by atoms with Crippen LogP contribution in [-0.4, -0.2) is 24.9 Å². The van der Waals surface area contributed by atoms with Crippen LogP contribution in [0.15, 0.2) is 48.5 Å². The van der Waals surface area contributed by atoms with E-state index in [0.717, 1.165) is 24.2 Å². The van der Waals surface area contributed by atoms with Crippen molar-refractivity contribution in [2.24, 2.45) is 0 Å². The van der Waals surface area contributed by atoms with Gasteiger partial charge in [-0.25, -0.2) is 0 Å². The van der Waals surface area contributed by atoms with E-state index in [9.17, 15) is 9.59 Å². The smallest absolute Gasteiger partial charge is 0.262 e. The molecule has 26 heavy (non-hydrogen) atoms. The number of carbonyl (C=O) groups excluding carboxylic acids is 2. The minimum Gasteiger partial charge on any atom is -0.494 e. The number of anilines is 1. The predicted octanol–water partition coefficient (Wildman–Crippen LogP) is 4.09. The van der Waals surface area contributed by atoms with Crippen molar-refractivity contribution in [1.82, 2.24) is 0 Å². The van der Waals surface area contributed by atoms with E-state index in [0.29, 0.717) is 23.6 Å². The van der Waals surface area contributed by atoms with Crippen molar-refractivity contribution in [1.29, 1.82) is 0 Å². The molecule has 1 aliphatic rings. The quantitative estimate of drug-likeness (QED) is 0.463. The number of hydrogen-bond acceptors (Lipinski definition) is 4. The summed E-state index contributed by atoms with van der Waals surface area (Å²) in [5.74, 6) is 1.03. The molecule has 1 heterocycles. The normalized spacial score (nSPS) is 13.0. The predicted molar refractivity (Wildman–Crippen MR) is 101 cm³/mol. The number of amides is 1. The third kappa shape index (κ3) is 4.51. The Balaban J connectivity index is 1.64. The molecule has 0 saturated carbocycles. The molecular formula is C21H21NO4. The van der Waals surface area contributed by atoms with Crippen LogP contribution in [0.2, 0.25) is 0 Å². The van der Waals surface area contributed by atoms with E-state index >= 15 is 0 Å². The highest BCUT2D eigenvalue weighted by atomic mass is 16.5. The van der Waals surface area contributed by atoms with E-state index < -0.39 is 0 Å². The largest absolute Gasteiger partial charge is 0.494 e. The zero-order chi connectivity index (χ0) is 18.4. The van der Waals surface area contributed by atoms with E-state index in [1.165, 1.54) is 6.08 Å². The molecule has 0 aliphatic carbocycles. The van der Waals surface area contributed by atoms with Crippen LogP contribution in [-0.2, 0) is 4.79 Å². The molecular weight excluding hydrogens is 330 g/mol. The van der Waals surface area contributed by atoms with E-state index in [-0.39, 0.29) is 18.3 Å². The number of ether oxygens (including phenoxy) is 2. The monoisotopic (exact) mass is 351 g/mol. The van der Waals surface area contributed by atoms with Gasteiger partial charge in [0.05, 0.1) is 12.3 Å². The van der Waals surface area contributed by atoms with Crippen LogP contribution < -0.4 is 14.8 Å². The Kier molecular flexibility index (Phi) is 5.69. The van der Waals surface area contributed by atoms with Gasteiger partial charge in [0, 0.05) is 5.56 Å². The summed E-state index contributed by atoms with van der Waals surface area (Å²) in [7, 11) is 0. The van der Waals surface area contributed by atoms with Gasteiger partial charge in [-0.15, -0.1) is 0 Å². The minimum atomic E-state index is -0.223. The van der Waals surface area contributed by atoms with Crippen LogP contribution in [0.5, 0.6) is 11.5 Å². The summed E-state index contributed by atoms with van der Waals surface area (Å²) in [5, 5.41) is 2.70. The molecule has 1 N–H and O–H groups in total. The summed E-state index contributed by atoms with van der Waals surface area (Å²) in [6.45, 7) is 2.83. The van der Waals surface area contributed by atoms with Crippen LogP contribution in [0, 0.1) is 0 Å². The van der Waals surface area contributed by atoms with Crippen molar-refractivity contribution in [3.05, 3.63) is 59.7 Å². The van der Waals surface area contributed by atoms with Gasteiger partial charge in [0.2, 0.25) is 0 Å². The highest BCUT2D eigenvalue weighted by molar-refractivity contribution is 6.08. The number of unbranched alkanes of at least 4 members (excludes halogenated alkanes) is 1. The van der Waals surface area contributed by atoms with E-state index in [1.54, 1.807) is 24.3 Å². The Morgan fingerprint density at radius 3 is 2.81 bits per heavy atom. The summed E-state index contributed by atoms with van der Waals surface area (Å²) in [6, 6.07) is 12.6. The maximum absolute atomic E-state index is 12.4. The number of allylic oxidation sites excluding steroid dienone is 1. The first-order chi connectivity index (χ1) is 12.7. The Labute approximate surface area is 152 Å². The lowest BCUT2D eigenvalue weighted by Crippen LogP contribution is -2.25. The minimum absolute atomic E-state index is 0.00164. The van der Waals surface area contributed by atoms with E-state index in [4.69, 9.17) is 9.47 Å². The fourth-order valence-electron chi connectivity index (χ4n) is 2.51. The van der Waals surface area contributed by atoms with Crippen LogP contribution in [0.3, 0.4) is 0 Å². The fourth-order valence-corrected chi connectivity index (χ4v) is 2.51. The lowest BCUT2D eigenvalue weighted by molar-refractivity contribution is -0.118. The first-order valence-electron chi connectivity index (χ1n) is 8.67. The van der Waals surface area contributed by atoms with E-state index in [1.807, 2.05) is 24.3 Å². The molecule has 0 fully saturated rings. The van der Waals surface area contributed by atoms with Gasteiger partial charge in [-0.1, -0.05) is 31.6 Å².